The molecule has 20 heavy (non-hydrogen) atoms. The fourth-order valence-electron chi connectivity index (χ4n) is 1.85. The first kappa shape index (κ1) is 16.1. The van der Waals surface area contributed by atoms with Crippen LogP contribution < -0.4 is 5.32 Å². The van der Waals surface area contributed by atoms with E-state index in [9.17, 15) is 18.4 Å². The van der Waals surface area contributed by atoms with Gasteiger partial charge in [0.25, 0.3) is 12.3 Å². The number of alkyl halides is 2. The third kappa shape index (κ3) is 4.64. The first-order chi connectivity index (χ1) is 9.31. The Kier molecular flexibility index (Phi) is 5.66. The van der Waals surface area contributed by atoms with Crippen LogP contribution in [-0.2, 0) is 11.3 Å². The molecule has 0 saturated carbocycles. The topological polar surface area (TPSA) is 71.3 Å². The summed E-state index contributed by atoms with van der Waals surface area (Å²) in [4.78, 5) is 23.0. The highest BCUT2D eigenvalue weighted by atomic mass is 19.3. The molecule has 1 heterocycles. The minimum Gasteiger partial charge on any atom is -0.480 e. The van der Waals surface area contributed by atoms with Crippen LogP contribution in [0.15, 0.2) is 18.3 Å². The minimum absolute atomic E-state index is 0.0281. The number of aromatic nitrogens is 1. The molecule has 1 atom stereocenters. The zero-order valence-electron chi connectivity index (χ0n) is 11.3. The predicted molar refractivity (Wildman–Crippen MR) is 68.8 cm³/mol. The maximum absolute atomic E-state index is 12.4. The maximum Gasteiger partial charge on any atom is 0.326 e. The van der Waals surface area contributed by atoms with Crippen molar-refractivity contribution in [2.45, 2.75) is 39.3 Å². The summed E-state index contributed by atoms with van der Waals surface area (Å²) in [5.41, 5.74) is 0.0281. The lowest BCUT2D eigenvalue weighted by molar-refractivity contribution is -0.139. The van der Waals surface area contributed by atoms with Gasteiger partial charge in [0, 0.05) is 6.20 Å². The highest BCUT2D eigenvalue weighted by Crippen LogP contribution is 2.09. The Labute approximate surface area is 115 Å². The molecular weight excluding hydrogens is 270 g/mol. The normalized spacial score (nSPS) is 12.7. The number of aliphatic carboxylic acids is 1. The van der Waals surface area contributed by atoms with Crippen LogP contribution in [0.4, 0.5) is 8.78 Å². The van der Waals surface area contributed by atoms with Gasteiger partial charge in [-0.25, -0.2) is 13.6 Å². The Bertz CT molecular complexity index is 472. The highest BCUT2D eigenvalue weighted by Gasteiger charge is 2.23. The molecule has 1 amide bonds. The zero-order chi connectivity index (χ0) is 15.3. The van der Waals surface area contributed by atoms with Crippen molar-refractivity contribution >= 4 is 11.9 Å². The van der Waals surface area contributed by atoms with Crippen molar-refractivity contribution in [3.05, 3.63) is 24.0 Å². The largest absolute Gasteiger partial charge is 0.480 e. The molecule has 7 heteroatoms. The lowest BCUT2D eigenvalue weighted by atomic mass is 10.0. The van der Waals surface area contributed by atoms with Crippen LogP contribution in [0.3, 0.4) is 0 Å². The lowest BCUT2D eigenvalue weighted by Gasteiger charge is -2.17. The predicted octanol–water partition coefficient (Wildman–Crippen LogP) is 1.98. The van der Waals surface area contributed by atoms with Crippen molar-refractivity contribution in [2.75, 3.05) is 0 Å². The van der Waals surface area contributed by atoms with E-state index in [-0.39, 0.29) is 18.0 Å². The molecule has 0 fully saturated rings. The first-order valence-electron chi connectivity index (χ1n) is 6.28. The van der Waals surface area contributed by atoms with Crippen LogP contribution in [0.1, 0.15) is 30.8 Å². The molecule has 0 saturated heterocycles. The minimum atomic E-state index is -2.58. The fourth-order valence-corrected chi connectivity index (χ4v) is 1.85. The van der Waals surface area contributed by atoms with E-state index in [0.717, 1.165) is 4.57 Å². The number of halogens is 2. The van der Waals surface area contributed by atoms with Gasteiger partial charge in [-0.15, -0.1) is 0 Å². The second-order valence-corrected chi connectivity index (χ2v) is 4.93. The van der Waals surface area contributed by atoms with Gasteiger partial charge >= 0.3 is 5.97 Å². The number of amides is 1. The molecule has 1 rings (SSSR count). The number of nitrogens with one attached hydrogen (secondary N) is 1. The SMILES string of the molecule is CC(C)C[C@@H](NC(=O)c1cccn1CC(F)F)C(=O)O. The lowest BCUT2D eigenvalue weighted by Crippen LogP contribution is -2.42. The van der Waals surface area contributed by atoms with E-state index in [0.29, 0.717) is 0 Å². The van der Waals surface area contributed by atoms with E-state index in [4.69, 9.17) is 5.11 Å². The van der Waals surface area contributed by atoms with E-state index in [1.54, 1.807) is 0 Å². The quantitative estimate of drug-likeness (QED) is 0.806. The van der Waals surface area contributed by atoms with Gasteiger partial charge in [0.1, 0.15) is 11.7 Å². The van der Waals surface area contributed by atoms with E-state index >= 15 is 0 Å². The zero-order valence-corrected chi connectivity index (χ0v) is 11.3. The van der Waals surface area contributed by atoms with Crippen LogP contribution >= 0.6 is 0 Å². The smallest absolute Gasteiger partial charge is 0.326 e. The molecule has 0 spiro atoms. The first-order valence-corrected chi connectivity index (χ1v) is 6.28. The summed E-state index contributed by atoms with van der Waals surface area (Å²) in [6.45, 7) is 3.07. The summed E-state index contributed by atoms with van der Waals surface area (Å²) in [7, 11) is 0. The molecular formula is C13H18F2N2O3. The summed E-state index contributed by atoms with van der Waals surface area (Å²) < 4.78 is 25.8. The summed E-state index contributed by atoms with van der Waals surface area (Å²) >= 11 is 0. The summed E-state index contributed by atoms with van der Waals surface area (Å²) in [5, 5.41) is 11.4. The molecule has 0 unspecified atom stereocenters. The summed E-state index contributed by atoms with van der Waals surface area (Å²) in [5.74, 6) is -1.72. The van der Waals surface area contributed by atoms with Crippen molar-refractivity contribution < 1.29 is 23.5 Å². The van der Waals surface area contributed by atoms with Gasteiger partial charge in [-0.1, -0.05) is 13.8 Å². The fraction of sp³-hybridized carbons (Fsp3) is 0.538. The monoisotopic (exact) mass is 288 g/mol. The van der Waals surface area contributed by atoms with Gasteiger partial charge in [0.2, 0.25) is 0 Å². The van der Waals surface area contributed by atoms with E-state index < -0.39 is 30.9 Å². The van der Waals surface area contributed by atoms with Crippen molar-refractivity contribution in [3.8, 4) is 0 Å². The van der Waals surface area contributed by atoms with E-state index in [1.807, 2.05) is 13.8 Å². The molecule has 1 aromatic heterocycles. The van der Waals surface area contributed by atoms with Crippen molar-refractivity contribution in [1.29, 1.82) is 0 Å². The molecule has 0 radical (unpaired) electrons. The highest BCUT2D eigenvalue weighted by molar-refractivity contribution is 5.95. The number of hydrogen-bond acceptors (Lipinski definition) is 2. The number of rotatable bonds is 7. The molecule has 0 aromatic carbocycles. The summed E-state index contributed by atoms with van der Waals surface area (Å²) in [6, 6.07) is 1.82. The van der Waals surface area contributed by atoms with Gasteiger partial charge in [0.05, 0.1) is 6.54 Å². The average molecular weight is 288 g/mol. The van der Waals surface area contributed by atoms with Gasteiger partial charge in [-0.05, 0) is 24.5 Å². The van der Waals surface area contributed by atoms with Crippen molar-refractivity contribution in [2.24, 2.45) is 5.92 Å². The number of carbonyl (C=O) groups excluding carboxylic acids is 1. The molecule has 0 aliphatic rings. The van der Waals surface area contributed by atoms with Gasteiger partial charge < -0.3 is 15.0 Å². The van der Waals surface area contributed by atoms with Gasteiger partial charge in [-0.2, -0.15) is 0 Å². The Balaban J connectivity index is 2.79. The van der Waals surface area contributed by atoms with Crippen LogP contribution in [0.25, 0.3) is 0 Å². The molecule has 5 nitrogen and oxygen atoms in total. The Morgan fingerprint density at radius 2 is 2.05 bits per heavy atom. The Morgan fingerprint density at radius 1 is 1.40 bits per heavy atom. The Hall–Kier alpha value is -1.92. The van der Waals surface area contributed by atoms with E-state index in [1.165, 1.54) is 18.3 Å². The number of hydrogen-bond donors (Lipinski definition) is 2. The van der Waals surface area contributed by atoms with Gasteiger partial charge in [0.15, 0.2) is 0 Å². The molecule has 1 aromatic rings. The maximum atomic E-state index is 12.4. The second-order valence-electron chi connectivity index (χ2n) is 4.93. The van der Waals surface area contributed by atoms with Crippen LogP contribution in [0, 0.1) is 5.92 Å². The average Bonchev–Trinajstić information content (AvgIpc) is 2.74. The molecule has 0 aliphatic heterocycles. The van der Waals surface area contributed by atoms with Crippen molar-refractivity contribution in [3.63, 3.8) is 0 Å². The van der Waals surface area contributed by atoms with Crippen LogP contribution in [0.5, 0.6) is 0 Å². The third-order valence-electron chi connectivity index (χ3n) is 2.71. The Morgan fingerprint density at radius 3 is 2.55 bits per heavy atom. The molecule has 0 bridgehead atoms. The van der Waals surface area contributed by atoms with E-state index in [2.05, 4.69) is 5.32 Å². The van der Waals surface area contributed by atoms with Crippen molar-refractivity contribution in [1.82, 2.24) is 9.88 Å². The number of carboxylic acid groups (broad SMARTS) is 1. The number of carboxylic acids is 1. The standard InChI is InChI=1S/C13H18F2N2O3/c1-8(2)6-9(13(19)20)16-12(18)10-4-3-5-17(10)7-11(14)15/h3-5,8-9,11H,6-7H2,1-2H3,(H,16,18)(H,19,20)/t9-/m1/s1. The molecule has 0 aliphatic carbocycles. The summed E-state index contributed by atoms with van der Waals surface area (Å²) in [6.07, 6.45) is -0.949. The molecule has 2 N–H and O–H groups in total. The number of carbonyl (C=O) groups is 2. The van der Waals surface area contributed by atoms with Crippen LogP contribution in [0.2, 0.25) is 0 Å². The van der Waals surface area contributed by atoms with Gasteiger partial charge in [-0.3, -0.25) is 4.79 Å². The molecule has 112 valence electrons. The number of nitrogens with zero attached hydrogens (tertiary/aromatic N) is 1. The second kappa shape index (κ2) is 7.02. The third-order valence-corrected chi connectivity index (χ3v) is 2.71. The van der Waals surface area contributed by atoms with Crippen LogP contribution in [-0.4, -0.2) is 34.0 Å².